The largest absolute Gasteiger partial charge is 0.478 e. The number of hydrogen-bond donors (Lipinski definition) is 3. The summed E-state index contributed by atoms with van der Waals surface area (Å²) in [5.41, 5.74) is 14.0. The Hall–Kier alpha value is -3.73. The average Bonchev–Trinajstić information content (AvgIpc) is 2.62. The Kier molecular flexibility index (Phi) is 4.62. The van der Waals surface area contributed by atoms with E-state index in [1.54, 1.807) is 30.5 Å². The Bertz CT molecular complexity index is 1010. The number of anilines is 2. The van der Waals surface area contributed by atoms with Crippen LogP contribution in [0.4, 0.5) is 11.8 Å². The van der Waals surface area contributed by atoms with Crippen LogP contribution in [0, 0.1) is 12.3 Å². The van der Waals surface area contributed by atoms with Gasteiger partial charge in [0.2, 0.25) is 5.95 Å². The summed E-state index contributed by atoms with van der Waals surface area (Å²) >= 11 is 0. The fourth-order valence-corrected chi connectivity index (χ4v) is 2.68. The molecule has 0 aliphatic carbocycles. The van der Waals surface area contributed by atoms with Crippen LogP contribution in [-0.2, 0) is 6.42 Å². The molecule has 0 saturated heterocycles. The molecule has 0 unspecified atom stereocenters. The zero-order valence-corrected chi connectivity index (χ0v) is 13.8. The molecule has 130 valence electrons. The van der Waals surface area contributed by atoms with Gasteiger partial charge in [-0.15, -0.1) is 12.3 Å². The van der Waals surface area contributed by atoms with E-state index < -0.39 is 5.97 Å². The highest BCUT2D eigenvalue weighted by Gasteiger charge is 2.15. The number of hydrogen-bond acceptors (Lipinski definition) is 7. The lowest BCUT2D eigenvalue weighted by molar-refractivity contribution is 0.0697. The molecular weight excluding hydrogens is 332 g/mol. The predicted molar refractivity (Wildman–Crippen MR) is 97.2 cm³/mol. The van der Waals surface area contributed by atoms with Gasteiger partial charge in [-0.1, -0.05) is 12.1 Å². The van der Waals surface area contributed by atoms with Crippen LogP contribution in [0.3, 0.4) is 0 Å². The number of carbonyl (C=O) groups is 1. The molecule has 5 N–H and O–H groups in total. The number of benzene rings is 1. The third-order valence-corrected chi connectivity index (χ3v) is 3.95. The van der Waals surface area contributed by atoms with E-state index in [0.29, 0.717) is 29.7 Å². The first-order valence-corrected chi connectivity index (χ1v) is 7.79. The summed E-state index contributed by atoms with van der Waals surface area (Å²) in [6.45, 7) is 0. The lowest BCUT2D eigenvalue weighted by atomic mass is 9.91. The first-order valence-electron chi connectivity index (χ1n) is 7.79. The second kappa shape index (κ2) is 7.03. The average molecular weight is 348 g/mol. The lowest BCUT2D eigenvalue weighted by Gasteiger charge is -2.15. The van der Waals surface area contributed by atoms with E-state index in [9.17, 15) is 4.79 Å². The standard InChI is InChI=1S/C18H16N6O2/c1-2-3-12(10-4-6-11(7-5-10)17(25)26)8-13-9-21-16-14(22-13)15(19)23-18(20)24-16/h1,4-7,9,12H,3,8H2,(H,25,26)(H4,19,20,21,23,24)/t12-/m1/s1. The molecule has 0 radical (unpaired) electrons. The van der Waals surface area contributed by atoms with Crippen molar-refractivity contribution in [1.29, 1.82) is 0 Å². The molecule has 1 atom stereocenters. The molecule has 1 aromatic carbocycles. The van der Waals surface area contributed by atoms with Crippen molar-refractivity contribution < 1.29 is 9.90 Å². The third-order valence-electron chi connectivity index (χ3n) is 3.95. The van der Waals surface area contributed by atoms with Gasteiger partial charge in [-0.25, -0.2) is 14.8 Å². The van der Waals surface area contributed by atoms with Crippen molar-refractivity contribution in [2.24, 2.45) is 0 Å². The SMILES string of the molecule is C#CC[C@H](Cc1cnc2nc(N)nc(N)c2n1)c1ccc(C(=O)O)cc1. The first-order chi connectivity index (χ1) is 12.5. The number of carboxylic acid groups (broad SMARTS) is 1. The summed E-state index contributed by atoms with van der Waals surface area (Å²) in [6, 6.07) is 6.64. The quantitative estimate of drug-likeness (QED) is 0.591. The number of nitrogens with zero attached hydrogens (tertiary/aromatic N) is 4. The van der Waals surface area contributed by atoms with Crippen molar-refractivity contribution >= 4 is 28.9 Å². The minimum absolute atomic E-state index is 0.0366. The Morgan fingerprint density at radius 3 is 2.58 bits per heavy atom. The van der Waals surface area contributed by atoms with Crippen LogP contribution in [-0.4, -0.2) is 31.0 Å². The van der Waals surface area contributed by atoms with Crippen LogP contribution in [0.25, 0.3) is 11.2 Å². The van der Waals surface area contributed by atoms with Crippen molar-refractivity contribution in [3.05, 3.63) is 47.3 Å². The van der Waals surface area contributed by atoms with E-state index in [1.807, 2.05) is 0 Å². The topological polar surface area (TPSA) is 141 Å². The van der Waals surface area contributed by atoms with E-state index in [1.165, 1.54) is 0 Å². The van der Waals surface area contributed by atoms with Crippen molar-refractivity contribution in [2.75, 3.05) is 11.5 Å². The monoisotopic (exact) mass is 348 g/mol. The Morgan fingerprint density at radius 2 is 1.92 bits per heavy atom. The van der Waals surface area contributed by atoms with Crippen molar-refractivity contribution in [2.45, 2.75) is 18.8 Å². The maximum atomic E-state index is 11.0. The minimum Gasteiger partial charge on any atom is -0.478 e. The number of nitrogens with two attached hydrogens (primary N) is 2. The highest BCUT2D eigenvalue weighted by Crippen LogP contribution is 2.25. The zero-order valence-electron chi connectivity index (χ0n) is 13.8. The molecule has 3 aromatic rings. The number of aromatic nitrogens is 4. The van der Waals surface area contributed by atoms with Crippen molar-refractivity contribution in [3.63, 3.8) is 0 Å². The summed E-state index contributed by atoms with van der Waals surface area (Å²) in [6.07, 6.45) is 8.09. The van der Waals surface area contributed by atoms with E-state index >= 15 is 0 Å². The predicted octanol–water partition coefficient (Wildman–Crippen LogP) is 1.63. The summed E-state index contributed by atoms with van der Waals surface area (Å²) < 4.78 is 0. The molecule has 0 aliphatic heterocycles. The van der Waals surface area contributed by atoms with E-state index in [4.69, 9.17) is 23.0 Å². The van der Waals surface area contributed by atoms with Gasteiger partial charge in [0.05, 0.1) is 17.5 Å². The molecule has 0 bridgehead atoms. The molecule has 8 heteroatoms. The number of rotatable bonds is 5. The van der Waals surface area contributed by atoms with Crippen LogP contribution >= 0.6 is 0 Å². The number of nitrogen functional groups attached to an aromatic ring is 2. The molecule has 0 aliphatic rings. The smallest absolute Gasteiger partial charge is 0.335 e. The van der Waals surface area contributed by atoms with Gasteiger partial charge in [0, 0.05) is 12.3 Å². The number of terminal acetylenes is 1. The molecule has 0 amide bonds. The summed E-state index contributed by atoms with van der Waals surface area (Å²) in [4.78, 5) is 27.6. The molecule has 3 rings (SSSR count). The van der Waals surface area contributed by atoms with E-state index in [-0.39, 0.29) is 23.2 Å². The Labute approximate surface area is 149 Å². The van der Waals surface area contributed by atoms with Crippen molar-refractivity contribution in [3.8, 4) is 12.3 Å². The minimum atomic E-state index is -0.972. The Balaban J connectivity index is 1.91. The molecule has 26 heavy (non-hydrogen) atoms. The first kappa shape index (κ1) is 17.1. The van der Waals surface area contributed by atoms with Gasteiger partial charge in [-0.05, 0) is 24.1 Å². The second-order valence-electron chi connectivity index (χ2n) is 5.74. The molecule has 8 nitrogen and oxygen atoms in total. The van der Waals surface area contributed by atoms with E-state index in [2.05, 4.69) is 25.9 Å². The van der Waals surface area contributed by atoms with Crippen molar-refractivity contribution in [1.82, 2.24) is 19.9 Å². The van der Waals surface area contributed by atoms with Gasteiger partial charge in [-0.2, -0.15) is 9.97 Å². The van der Waals surface area contributed by atoms with Gasteiger partial charge in [0.15, 0.2) is 17.0 Å². The zero-order chi connectivity index (χ0) is 18.7. The van der Waals surface area contributed by atoms with Crippen LogP contribution in [0.5, 0.6) is 0 Å². The molecule has 0 spiro atoms. The highest BCUT2D eigenvalue weighted by molar-refractivity contribution is 5.87. The normalized spacial score (nSPS) is 11.8. The van der Waals surface area contributed by atoms with Crippen LogP contribution in [0.1, 0.15) is 34.0 Å². The van der Waals surface area contributed by atoms with Gasteiger partial charge in [0.25, 0.3) is 0 Å². The fourth-order valence-electron chi connectivity index (χ4n) is 2.68. The molecule has 0 saturated carbocycles. The maximum absolute atomic E-state index is 11.0. The van der Waals surface area contributed by atoms with E-state index in [0.717, 1.165) is 5.56 Å². The molecule has 2 aromatic heterocycles. The van der Waals surface area contributed by atoms with Crippen LogP contribution in [0.15, 0.2) is 30.5 Å². The second-order valence-corrected chi connectivity index (χ2v) is 5.74. The number of aromatic carboxylic acids is 1. The molecule has 0 fully saturated rings. The number of fused-ring (bicyclic) bond motifs is 1. The van der Waals surface area contributed by atoms with Gasteiger partial charge in [0.1, 0.15) is 0 Å². The summed E-state index contributed by atoms with van der Waals surface area (Å²) in [5.74, 6) is 1.85. The summed E-state index contributed by atoms with van der Waals surface area (Å²) in [7, 11) is 0. The van der Waals surface area contributed by atoms with Gasteiger partial charge >= 0.3 is 5.97 Å². The van der Waals surface area contributed by atoms with Crippen LogP contribution in [0.2, 0.25) is 0 Å². The lowest BCUT2D eigenvalue weighted by Crippen LogP contribution is -2.08. The number of carboxylic acids is 1. The Morgan fingerprint density at radius 1 is 1.19 bits per heavy atom. The molecule has 2 heterocycles. The third kappa shape index (κ3) is 3.52. The highest BCUT2D eigenvalue weighted by atomic mass is 16.4. The maximum Gasteiger partial charge on any atom is 0.335 e. The van der Waals surface area contributed by atoms with Gasteiger partial charge in [-0.3, -0.25) is 0 Å². The molecular formula is C18H16N6O2. The summed E-state index contributed by atoms with van der Waals surface area (Å²) in [5, 5.41) is 9.02. The fraction of sp³-hybridized carbons (Fsp3) is 0.167. The van der Waals surface area contributed by atoms with Gasteiger partial charge < -0.3 is 16.6 Å². The van der Waals surface area contributed by atoms with Crippen LogP contribution < -0.4 is 11.5 Å².